The molecule has 0 aliphatic rings. The van der Waals surface area contributed by atoms with Gasteiger partial charge < -0.3 is 24.3 Å². The number of nitrogens with zero attached hydrogens (tertiary/aromatic N) is 1. The van der Waals surface area contributed by atoms with Gasteiger partial charge in [-0.25, -0.2) is 10.2 Å². The third kappa shape index (κ3) is 8.29. The van der Waals surface area contributed by atoms with E-state index < -0.39 is 23.8 Å². The highest BCUT2D eigenvalue weighted by molar-refractivity contribution is 9.10. The van der Waals surface area contributed by atoms with E-state index in [0.29, 0.717) is 27.0 Å². The number of benzene rings is 4. The van der Waals surface area contributed by atoms with Crippen LogP contribution in [0.5, 0.6) is 23.0 Å². The van der Waals surface area contributed by atoms with Crippen molar-refractivity contribution in [2.75, 3.05) is 19.5 Å². The summed E-state index contributed by atoms with van der Waals surface area (Å²) in [5, 5.41) is 6.74. The molecule has 0 unspecified atom stereocenters. The molecular formula is C32H26BrN3O8. The van der Waals surface area contributed by atoms with E-state index >= 15 is 0 Å². The van der Waals surface area contributed by atoms with Gasteiger partial charge in [0, 0.05) is 33.8 Å². The number of ether oxygens (including phenoxy) is 4. The summed E-state index contributed by atoms with van der Waals surface area (Å²) in [6.45, 7) is 1.26. The molecule has 0 atom stereocenters. The summed E-state index contributed by atoms with van der Waals surface area (Å²) in [6, 6.07) is 22.1. The number of anilines is 1. The topological polar surface area (TPSA) is 142 Å². The average molecular weight is 660 g/mol. The van der Waals surface area contributed by atoms with Gasteiger partial charge in [0.15, 0.2) is 11.5 Å². The quantitative estimate of drug-likeness (QED) is 0.0966. The SMILES string of the molecule is COc1ccc(C(=O)Oc2ccc(Br)cc2C=NNC(=O)c2cccc(NC(=O)c3ccc(OC(C)=O)c(OC)c3)c2)cc1. The van der Waals surface area contributed by atoms with Gasteiger partial charge in [-0.2, -0.15) is 5.10 Å². The van der Waals surface area contributed by atoms with Crippen LogP contribution in [0.15, 0.2) is 94.5 Å². The van der Waals surface area contributed by atoms with Crippen LogP contribution in [0.1, 0.15) is 43.6 Å². The molecule has 0 heterocycles. The van der Waals surface area contributed by atoms with Crippen LogP contribution in [0, 0.1) is 0 Å². The van der Waals surface area contributed by atoms with Crippen molar-refractivity contribution in [2.45, 2.75) is 6.92 Å². The Bertz CT molecular complexity index is 1740. The number of esters is 2. The number of halogens is 1. The lowest BCUT2D eigenvalue weighted by Gasteiger charge is -2.11. The molecule has 0 spiro atoms. The molecule has 4 rings (SSSR count). The van der Waals surface area contributed by atoms with E-state index in [1.54, 1.807) is 60.7 Å². The van der Waals surface area contributed by atoms with E-state index in [0.717, 1.165) is 0 Å². The van der Waals surface area contributed by atoms with E-state index in [4.69, 9.17) is 18.9 Å². The number of hydrogen-bond acceptors (Lipinski definition) is 9. The molecule has 2 amide bonds. The van der Waals surface area contributed by atoms with Crippen LogP contribution in [0.25, 0.3) is 0 Å². The molecule has 11 nitrogen and oxygen atoms in total. The predicted molar refractivity (Wildman–Crippen MR) is 166 cm³/mol. The van der Waals surface area contributed by atoms with E-state index in [-0.39, 0.29) is 28.4 Å². The summed E-state index contributed by atoms with van der Waals surface area (Å²) in [5.41, 5.74) is 4.01. The largest absolute Gasteiger partial charge is 0.497 e. The Kier molecular flexibility index (Phi) is 10.4. The van der Waals surface area contributed by atoms with Gasteiger partial charge in [0.2, 0.25) is 0 Å². The minimum atomic E-state index is -0.577. The van der Waals surface area contributed by atoms with Crippen molar-refractivity contribution in [1.29, 1.82) is 0 Å². The van der Waals surface area contributed by atoms with E-state index in [1.165, 1.54) is 51.6 Å². The van der Waals surface area contributed by atoms with Crippen molar-refractivity contribution in [2.24, 2.45) is 5.10 Å². The number of methoxy groups -OCH3 is 2. The Labute approximate surface area is 260 Å². The normalized spacial score (nSPS) is 10.5. The molecule has 0 fully saturated rings. The molecule has 0 saturated carbocycles. The number of nitrogens with one attached hydrogen (secondary N) is 2. The van der Waals surface area contributed by atoms with Crippen LogP contribution in [-0.4, -0.2) is 44.2 Å². The summed E-state index contributed by atoms with van der Waals surface area (Å²) in [4.78, 5) is 49.6. The molecular weight excluding hydrogens is 634 g/mol. The molecule has 2 N–H and O–H groups in total. The first-order valence-corrected chi connectivity index (χ1v) is 13.7. The summed E-state index contributed by atoms with van der Waals surface area (Å²) in [7, 11) is 2.92. The molecule has 44 heavy (non-hydrogen) atoms. The number of hydrogen-bond donors (Lipinski definition) is 2. The van der Waals surface area contributed by atoms with Gasteiger partial charge in [0.05, 0.1) is 26.0 Å². The molecule has 0 aliphatic heterocycles. The molecule has 0 bridgehead atoms. The third-order valence-corrected chi connectivity index (χ3v) is 6.43. The molecule has 12 heteroatoms. The van der Waals surface area contributed by atoms with Gasteiger partial charge in [0.1, 0.15) is 11.5 Å². The molecule has 0 aliphatic carbocycles. The lowest BCUT2D eigenvalue weighted by atomic mass is 10.1. The van der Waals surface area contributed by atoms with Gasteiger partial charge in [-0.05, 0) is 78.9 Å². The van der Waals surface area contributed by atoms with Crippen LogP contribution in [0.2, 0.25) is 0 Å². The van der Waals surface area contributed by atoms with E-state index in [2.05, 4.69) is 31.8 Å². The highest BCUT2D eigenvalue weighted by Gasteiger charge is 2.15. The second kappa shape index (κ2) is 14.6. The van der Waals surface area contributed by atoms with Crippen LogP contribution in [-0.2, 0) is 4.79 Å². The second-order valence-corrected chi connectivity index (χ2v) is 9.91. The fourth-order valence-electron chi connectivity index (χ4n) is 3.81. The van der Waals surface area contributed by atoms with Gasteiger partial charge in [0.25, 0.3) is 11.8 Å². The van der Waals surface area contributed by atoms with E-state index in [9.17, 15) is 19.2 Å². The Morgan fingerprint density at radius 2 is 1.43 bits per heavy atom. The van der Waals surface area contributed by atoms with Gasteiger partial charge in [-0.1, -0.05) is 22.0 Å². The highest BCUT2D eigenvalue weighted by Crippen LogP contribution is 2.29. The molecule has 0 aromatic heterocycles. The van der Waals surface area contributed by atoms with Crippen molar-refractivity contribution in [1.82, 2.24) is 5.43 Å². The lowest BCUT2D eigenvalue weighted by Crippen LogP contribution is -2.18. The number of carbonyl (C=O) groups is 4. The summed E-state index contributed by atoms with van der Waals surface area (Å²) in [5.74, 6) is -0.888. The Hall–Kier alpha value is -5.49. The Morgan fingerprint density at radius 1 is 0.727 bits per heavy atom. The smallest absolute Gasteiger partial charge is 0.343 e. The summed E-state index contributed by atoms with van der Waals surface area (Å²) >= 11 is 3.38. The molecule has 224 valence electrons. The van der Waals surface area contributed by atoms with E-state index in [1.807, 2.05) is 0 Å². The Morgan fingerprint density at radius 3 is 2.14 bits per heavy atom. The fraction of sp³-hybridized carbons (Fsp3) is 0.0938. The first-order chi connectivity index (χ1) is 21.2. The van der Waals surface area contributed by atoms with Crippen LogP contribution >= 0.6 is 15.9 Å². The molecule has 4 aromatic rings. The molecule has 0 saturated heterocycles. The number of amides is 2. The van der Waals surface area contributed by atoms with Crippen LogP contribution in [0.4, 0.5) is 5.69 Å². The molecule has 0 radical (unpaired) electrons. The van der Waals surface area contributed by atoms with Gasteiger partial charge in [-0.3, -0.25) is 14.4 Å². The number of hydrazone groups is 1. The first kappa shape index (κ1) is 31.4. The minimum absolute atomic E-state index is 0.182. The Balaban J connectivity index is 1.42. The zero-order chi connectivity index (χ0) is 31.6. The van der Waals surface area contributed by atoms with Crippen molar-refractivity contribution in [3.05, 3.63) is 112 Å². The van der Waals surface area contributed by atoms with Crippen LogP contribution < -0.4 is 29.7 Å². The van der Waals surface area contributed by atoms with Crippen LogP contribution in [0.3, 0.4) is 0 Å². The van der Waals surface area contributed by atoms with Crippen molar-refractivity contribution >= 4 is 51.6 Å². The maximum Gasteiger partial charge on any atom is 0.343 e. The maximum absolute atomic E-state index is 12.8. The monoisotopic (exact) mass is 659 g/mol. The fourth-order valence-corrected chi connectivity index (χ4v) is 4.19. The zero-order valence-corrected chi connectivity index (χ0v) is 25.3. The first-order valence-electron chi connectivity index (χ1n) is 12.9. The maximum atomic E-state index is 12.8. The van der Waals surface area contributed by atoms with Gasteiger partial charge in [-0.15, -0.1) is 0 Å². The second-order valence-electron chi connectivity index (χ2n) is 8.99. The third-order valence-electron chi connectivity index (χ3n) is 5.93. The van der Waals surface area contributed by atoms with Gasteiger partial charge >= 0.3 is 11.9 Å². The van der Waals surface area contributed by atoms with Crippen molar-refractivity contribution in [3.63, 3.8) is 0 Å². The minimum Gasteiger partial charge on any atom is -0.497 e. The summed E-state index contributed by atoms with van der Waals surface area (Å²) < 4.78 is 21.7. The van der Waals surface area contributed by atoms with Crippen molar-refractivity contribution in [3.8, 4) is 23.0 Å². The number of carbonyl (C=O) groups excluding carboxylic acids is 4. The zero-order valence-electron chi connectivity index (χ0n) is 23.8. The van der Waals surface area contributed by atoms with Crippen molar-refractivity contribution < 1.29 is 38.1 Å². The number of rotatable bonds is 10. The average Bonchev–Trinajstić information content (AvgIpc) is 3.02. The molecule has 4 aromatic carbocycles. The predicted octanol–water partition coefficient (Wildman–Crippen LogP) is 5.63. The lowest BCUT2D eigenvalue weighted by molar-refractivity contribution is -0.132. The highest BCUT2D eigenvalue weighted by atomic mass is 79.9. The summed E-state index contributed by atoms with van der Waals surface area (Å²) in [6.07, 6.45) is 1.35. The standard InChI is InChI=1S/C32H26BrN3O8/c1-19(37)43-28-13-9-22(17-29(28)42-3)30(38)35-25-6-4-5-21(16-25)31(39)36-34-18-23-15-24(33)10-14-27(23)44-32(40)20-7-11-26(41-2)12-8-20/h4-18H,1-3H3,(H,35,38)(H,36,39).